The van der Waals surface area contributed by atoms with Gasteiger partial charge >= 0.3 is 0 Å². The third-order valence-electron chi connectivity index (χ3n) is 1.41. The SMILES string of the molecule is CC[C](C)C.CC[C](C)C. The predicted molar refractivity (Wildman–Crippen MR) is 49.8 cm³/mol. The van der Waals surface area contributed by atoms with Crippen LogP contribution in [0.4, 0.5) is 0 Å². The predicted octanol–water partition coefficient (Wildman–Crippen LogP) is 4.02. The van der Waals surface area contributed by atoms with Gasteiger partial charge in [-0.3, -0.25) is 0 Å². The highest BCUT2D eigenvalue weighted by molar-refractivity contribution is 4.72. The summed E-state index contributed by atoms with van der Waals surface area (Å²) in [5.41, 5.74) is 0. The van der Waals surface area contributed by atoms with Crippen molar-refractivity contribution in [2.24, 2.45) is 0 Å². The molecule has 0 heterocycles. The van der Waals surface area contributed by atoms with E-state index in [0.29, 0.717) is 0 Å². The van der Waals surface area contributed by atoms with Crippen molar-refractivity contribution in [2.75, 3.05) is 0 Å². The van der Waals surface area contributed by atoms with Crippen molar-refractivity contribution >= 4 is 0 Å². The van der Waals surface area contributed by atoms with Crippen LogP contribution in [0.3, 0.4) is 0 Å². The first-order chi connectivity index (χ1) is 4.54. The lowest BCUT2D eigenvalue weighted by Crippen LogP contribution is -1.73. The van der Waals surface area contributed by atoms with Crippen molar-refractivity contribution in [1.82, 2.24) is 0 Å². The standard InChI is InChI=1S/2C5H11/c2*1-4-5(2)3/h2*4H2,1-3H3. The first-order valence-electron chi connectivity index (χ1n) is 4.12. The molecule has 0 atom stereocenters. The lowest BCUT2D eigenvalue weighted by Gasteiger charge is -1.89. The summed E-state index contributed by atoms with van der Waals surface area (Å²) in [4.78, 5) is 0. The second-order valence-corrected chi connectivity index (χ2v) is 3.12. The minimum atomic E-state index is 1.22. The topological polar surface area (TPSA) is 0 Å². The Morgan fingerprint density at radius 3 is 0.800 bits per heavy atom. The summed E-state index contributed by atoms with van der Waals surface area (Å²) in [5.74, 6) is 3.01. The van der Waals surface area contributed by atoms with Crippen LogP contribution < -0.4 is 0 Å². The Hall–Kier alpha value is 0. The minimum Gasteiger partial charge on any atom is -0.0649 e. The van der Waals surface area contributed by atoms with Crippen molar-refractivity contribution in [1.29, 1.82) is 0 Å². The first kappa shape index (κ1) is 12.7. The molecule has 0 aromatic rings. The van der Waals surface area contributed by atoms with E-state index in [1.165, 1.54) is 24.7 Å². The highest BCUT2D eigenvalue weighted by atomic mass is 13.9. The number of hydrogen-bond acceptors (Lipinski definition) is 0. The van der Waals surface area contributed by atoms with Gasteiger partial charge in [-0.25, -0.2) is 0 Å². The second-order valence-electron chi connectivity index (χ2n) is 3.12. The largest absolute Gasteiger partial charge is 0.0649 e. The second kappa shape index (κ2) is 9.00. The molecule has 0 aliphatic heterocycles. The van der Waals surface area contributed by atoms with Crippen LogP contribution in [0.1, 0.15) is 54.4 Å². The summed E-state index contributed by atoms with van der Waals surface area (Å²) in [6.45, 7) is 12.9. The van der Waals surface area contributed by atoms with Crippen molar-refractivity contribution in [3.8, 4) is 0 Å². The fraction of sp³-hybridized carbons (Fsp3) is 0.800. The van der Waals surface area contributed by atoms with Crippen LogP contribution in [0.5, 0.6) is 0 Å². The van der Waals surface area contributed by atoms with E-state index >= 15 is 0 Å². The van der Waals surface area contributed by atoms with Gasteiger partial charge in [-0.05, 0) is 11.8 Å². The molecule has 0 saturated heterocycles. The van der Waals surface area contributed by atoms with Crippen LogP contribution in [0, 0.1) is 11.8 Å². The van der Waals surface area contributed by atoms with E-state index in [0.717, 1.165) is 0 Å². The molecule has 0 nitrogen and oxygen atoms in total. The fourth-order valence-electron chi connectivity index (χ4n) is 0. The lowest BCUT2D eigenvalue weighted by atomic mass is 10.2. The number of rotatable bonds is 2. The smallest absolute Gasteiger partial charge is 0.0306 e. The van der Waals surface area contributed by atoms with Gasteiger partial charge in [0.15, 0.2) is 0 Å². The Balaban J connectivity index is 0. The average Bonchev–Trinajstić information content (AvgIpc) is 1.89. The summed E-state index contributed by atoms with van der Waals surface area (Å²) in [5, 5.41) is 0. The third kappa shape index (κ3) is 24.5. The molecule has 0 amide bonds. The van der Waals surface area contributed by atoms with E-state index in [1.54, 1.807) is 0 Å². The van der Waals surface area contributed by atoms with Crippen LogP contribution in [-0.2, 0) is 0 Å². The molecule has 0 saturated carbocycles. The molecule has 0 spiro atoms. The molecule has 2 radical (unpaired) electrons. The summed E-state index contributed by atoms with van der Waals surface area (Å²) >= 11 is 0. The summed E-state index contributed by atoms with van der Waals surface area (Å²) in [7, 11) is 0. The fourth-order valence-corrected chi connectivity index (χ4v) is 0. The van der Waals surface area contributed by atoms with E-state index in [2.05, 4.69) is 41.5 Å². The molecule has 0 aromatic heterocycles. The molecule has 0 heteroatoms. The molecular weight excluding hydrogens is 120 g/mol. The summed E-state index contributed by atoms with van der Waals surface area (Å²) in [6, 6.07) is 0. The maximum Gasteiger partial charge on any atom is -0.0306 e. The zero-order valence-electron chi connectivity index (χ0n) is 8.41. The molecule has 0 rings (SSSR count). The van der Waals surface area contributed by atoms with Gasteiger partial charge in [0.05, 0.1) is 0 Å². The first-order valence-corrected chi connectivity index (χ1v) is 4.12. The Labute approximate surface area is 67.0 Å². The molecule has 0 N–H and O–H groups in total. The van der Waals surface area contributed by atoms with E-state index < -0.39 is 0 Å². The quantitative estimate of drug-likeness (QED) is 0.546. The monoisotopic (exact) mass is 142 g/mol. The summed E-state index contributed by atoms with van der Waals surface area (Å²) < 4.78 is 0. The Morgan fingerprint density at radius 1 is 0.700 bits per heavy atom. The van der Waals surface area contributed by atoms with E-state index in [4.69, 9.17) is 0 Å². The van der Waals surface area contributed by atoms with Crippen molar-refractivity contribution in [3.05, 3.63) is 11.8 Å². The lowest BCUT2D eigenvalue weighted by molar-refractivity contribution is 0.923. The van der Waals surface area contributed by atoms with E-state index in [9.17, 15) is 0 Å². The van der Waals surface area contributed by atoms with Crippen LogP contribution in [-0.4, -0.2) is 0 Å². The van der Waals surface area contributed by atoms with Gasteiger partial charge in [0.2, 0.25) is 0 Å². The molecule has 0 bridgehead atoms. The van der Waals surface area contributed by atoms with E-state index in [-0.39, 0.29) is 0 Å². The Morgan fingerprint density at radius 2 is 0.800 bits per heavy atom. The molecular formula is C10H22. The zero-order chi connectivity index (χ0) is 8.57. The molecule has 0 aliphatic rings. The maximum atomic E-state index is 2.16. The van der Waals surface area contributed by atoms with E-state index in [1.807, 2.05) is 0 Å². The van der Waals surface area contributed by atoms with Gasteiger partial charge in [-0.2, -0.15) is 0 Å². The van der Waals surface area contributed by atoms with Crippen molar-refractivity contribution in [2.45, 2.75) is 54.4 Å². The molecule has 0 aromatic carbocycles. The van der Waals surface area contributed by atoms with Gasteiger partial charge < -0.3 is 0 Å². The van der Waals surface area contributed by atoms with Crippen LogP contribution in [0.25, 0.3) is 0 Å². The highest BCUT2D eigenvalue weighted by Gasteiger charge is 1.81. The molecule has 0 unspecified atom stereocenters. The zero-order valence-corrected chi connectivity index (χ0v) is 8.41. The highest BCUT2D eigenvalue weighted by Crippen LogP contribution is 1.97. The molecule has 62 valence electrons. The Bertz CT molecular complexity index is 36.0. The van der Waals surface area contributed by atoms with Gasteiger partial charge in [-0.1, -0.05) is 54.4 Å². The van der Waals surface area contributed by atoms with Crippen LogP contribution >= 0.6 is 0 Å². The molecule has 0 aliphatic carbocycles. The summed E-state index contributed by atoms with van der Waals surface area (Å²) in [6.07, 6.45) is 2.44. The van der Waals surface area contributed by atoms with Gasteiger partial charge in [0, 0.05) is 0 Å². The maximum absolute atomic E-state index is 2.16. The van der Waals surface area contributed by atoms with Crippen molar-refractivity contribution < 1.29 is 0 Å². The molecule has 0 fully saturated rings. The third-order valence-corrected chi connectivity index (χ3v) is 1.41. The van der Waals surface area contributed by atoms with Crippen molar-refractivity contribution in [3.63, 3.8) is 0 Å². The van der Waals surface area contributed by atoms with Crippen LogP contribution in [0.2, 0.25) is 0 Å². The van der Waals surface area contributed by atoms with Crippen LogP contribution in [0.15, 0.2) is 0 Å². The molecule has 10 heavy (non-hydrogen) atoms. The van der Waals surface area contributed by atoms with Gasteiger partial charge in [0.25, 0.3) is 0 Å². The van der Waals surface area contributed by atoms with Gasteiger partial charge in [0.1, 0.15) is 0 Å². The average molecular weight is 142 g/mol. The van der Waals surface area contributed by atoms with Gasteiger partial charge in [-0.15, -0.1) is 0 Å². The normalized spacial score (nSPS) is 9.60. The minimum absolute atomic E-state index is 1.22. The Kier molecular flexibility index (Phi) is 11.4. The number of hydrogen-bond donors (Lipinski definition) is 0.